The molecular formula is C10H20O6. The first-order valence-corrected chi connectivity index (χ1v) is 5.12. The van der Waals surface area contributed by atoms with Crippen LogP contribution in [0.25, 0.3) is 0 Å². The highest BCUT2D eigenvalue weighted by molar-refractivity contribution is 5.17. The topological polar surface area (TPSA) is 110 Å². The van der Waals surface area contributed by atoms with Gasteiger partial charge in [-0.1, -0.05) is 0 Å². The molecule has 0 saturated carbocycles. The Hall–Kier alpha value is -0.240. The summed E-state index contributed by atoms with van der Waals surface area (Å²) < 4.78 is 5.03. The maximum atomic E-state index is 10.2. The van der Waals surface area contributed by atoms with Gasteiger partial charge in [-0.3, -0.25) is 0 Å². The molecule has 0 radical (unpaired) electrons. The Kier molecular flexibility index (Phi) is 2.92. The number of hydrogen-bond donors (Lipinski definition) is 5. The molecule has 1 aliphatic rings. The third kappa shape index (κ3) is 1.35. The van der Waals surface area contributed by atoms with Crippen LogP contribution in [0.4, 0.5) is 0 Å². The Morgan fingerprint density at radius 1 is 1.00 bits per heavy atom. The zero-order valence-corrected chi connectivity index (χ0v) is 9.93. The molecule has 5 atom stereocenters. The Morgan fingerprint density at radius 2 is 1.44 bits per heavy atom. The van der Waals surface area contributed by atoms with E-state index < -0.39 is 35.3 Å². The van der Waals surface area contributed by atoms with Crippen LogP contribution in [0.2, 0.25) is 0 Å². The van der Waals surface area contributed by atoms with Crippen LogP contribution in [0.3, 0.4) is 0 Å². The van der Waals surface area contributed by atoms with E-state index in [4.69, 9.17) is 9.84 Å². The molecular weight excluding hydrogens is 216 g/mol. The lowest BCUT2D eigenvalue weighted by Gasteiger charge is -2.60. The lowest BCUT2D eigenvalue weighted by atomic mass is 9.65. The lowest BCUT2D eigenvalue weighted by Crippen LogP contribution is -2.81. The fraction of sp³-hybridized carbons (Fsp3) is 1.00. The minimum Gasteiger partial charge on any atom is -0.391 e. The van der Waals surface area contributed by atoms with Crippen molar-refractivity contribution < 1.29 is 30.3 Å². The number of aliphatic hydroxyl groups is 5. The van der Waals surface area contributed by atoms with E-state index in [0.29, 0.717) is 0 Å². The number of ether oxygens (including phenoxy) is 1. The Labute approximate surface area is 94.1 Å². The molecule has 1 heterocycles. The lowest BCUT2D eigenvalue weighted by molar-refractivity contribution is -0.430. The monoisotopic (exact) mass is 236 g/mol. The largest absolute Gasteiger partial charge is 0.391 e. The third-order valence-corrected chi connectivity index (χ3v) is 4.07. The molecule has 0 aliphatic carbocycles. The van der Waals surface area contributed by atoms with Crippen LogP contribution in [0, 0.1) is 0 Å². The SMILES string of the molecule is C[C@H]1O[C@](O)(CO)[C@](C)(O)[C@@](C)(O)[C@]1(C)O. The summed E-state index contributed by atoms with van der Waals surface area (Å²) in [6, 6.07) is 0. The van der Waals surface area contributed by atoms with Crippen molar-refractivity contribution in [3.05, 3.63) is 0 Å². The Balaban J connectivity index is 3.32. The van der Waals surface area contributed by atoms with Crippen LogP contribution >= 0.6 is 0 Å². The highest BCUT2D eigenvalue weighted by Crippen LogP contribution is 2.47. The third-order valence-electron chi connectivity index (χ3n) is 4.07. The Bertz CT molecular complexity index is 279. The Morgan fingerprint density at radius 3 is 1.81 bits per heavy atom. The van der Waals surface area contributed by atoms with Crippen molar-refractivity contribution in [3.8, 4) is 0 Å². The van der Waals surface area contributed by atoms with E-state index in [1.165, 1.54) is 20.8 Å². The van der Waals surface area contributed by atoms with Crippen LogP contribution < -0.4 is 0 Å². The summed E-state index contributed by atoms with van der Waals surface area (Å²) >= 11 is 0. The number of aliphatic hydroxyl groups excluding tert-OH is 1. The van der Waals surface area contributed by atoms with E-state index in [0.717, 1.165) is 6.92 Å². The molecule has 0 unspecified atom stereocenters. The number of rotatable bonds is 1. The molecule has 0 aromatic carbocycles. The summed E-state index contributed by atoms with van der Waals surface area (Å²) in [5.74, 6) is -2.32. The molecule has 6 nitrogen and oxygen atoms in total. The molecule has 1 fully saturated rings. The van der Waals surface area contributed by atoms with E-state index in [2.05, 4.69) is 0 Å². The first-order valence-electron chi connectivity index (χ1n) is 5.12. The summed E-state index contributed by atoms with van der Waals surface area (Å²) in [6.45, 7) is 4.13. The summed E-state index contributed by atoms with van der Waals surface area (Å²) in [5.41, 5.74) is -6.03. The highest BCUT2D eigenvalue weighted by Gasteiger charge is 2.70. The van der Waals surface area contributed by atoms with Gasteiger partial charge in [0.25, 0.3) is 0 Å². The standard InChI is InChI=1S/C10H20O6/c1-6-7(2,12)8(3,13)9(4,14)10(15,5-11)16-6/h6,11-15H,5H2,1-4H3/t6-,7-,8+,9-,10-/m1/s1. The van der Waals surface area contributed by atoms with Crippen molar-refractivity contribution in [2.75, 3.05) is 6.61 Å². The zero-order valence-electron chi connectivity index (χ0n) is 9.93. The fourth-order valence-electron chi connectivity index (χ4n) is 1.98. The van der Waals surface area contributed by atoms with Crippen molar-refractivity contribution in [3.63, 3.8) is 0 Å². The molecule has 16 heavy (non-hydrogen) atoms. The van der Waals surface area contributed by atoms with E-state index in [9.17, 15) is 20.4 Å². The molecule has 5 N–H and O–H groups in total. The average Bonchev–Trinajstić information content (AvgIpc) is 2.14. The first-order chi connectivity index (χ1) is 6.94. The van der Waals surface area contributed by atoms with Crippen molar-refractivity contribution >= 4 is 0 Å². The first kappa shape index (κ1) is 13.8. The molecule has 1 rings (SSSR count). The summed E-state index contributed by atoms with van der Waals surface area (Å²) in [4.78, 5) is 0. The van der Waals surface area contributed by atoms with Gasteiger partial charge in [0.1, 0.15) is 23.4 Å². The molecule has 1 aliphatic heterocycles. The molecule has 0 amide bonds. The van der Waals surface area contributed by atoms with E-state index in [1.54, 1.807) is 0 Å². The zero-order chi connectivity index (χ0) is 13.0. The van der Waals surface area contributed by atoms with Crippen LogP contribution in [0.5, 0.6) is 0 Å². The highest BCUT2D eigenvalue weighted by atomic mass is 16.7. The predicted octanol–water partition coefficient (Wildman–Crippen LogP) is -1.66. The van der Waals surface area contributed by atoms with Crippen LogP contribution in [-0.2, 0) is 4.74 Å². The quantitative estimate of drug-likeness (QED) is 0.373. The normalized spacial score (nSPS) is 58.7. The molecule has 1 saturated heterocycles. The fourth-order valence-corrected chi connectivity index (χ4v) is 1.98. The predicted molar refractivity (Wildman–Crippen MR) is 54.5 cm³/mol. The van der Waals surface area contributed by atoms with Gasteiger partial charge >= 0.3 is 0 Å². The molecule has 0 aromatic heterocycles. The second kappa shape index (κ2) is 3.38. The van der Waals surface area contributed by atoms with Crippen molar-refractivity contribution in [2.45, 2.75) is 56.4 Å². The van der Waals surface area contributed by atoms with E-state index in [1.807, 2.05) is 0 Å². The van der Waals surface area contributed by atoms with Crippen molar-refractivity contribution in [1.29, 1.82) is 0 Å². The second-order valence-electron chi connectivity index (χ2n) is 4.99. The number of hydrogen-bond acceptors (Lipinski definition) is 6. The summed E-state index contributed by atoms with van der Waals surface area (Å²) in [7, 11) is 0. The van der Waals surface area contributed by atoms with Gasteiger partial charge in [-0.15, -0.1) is 0 Å². The minimum absolute atomic E-state index is 0.892. The van der Waals surface area contributed by atoms with Gasteiger partial charge in [0.05, 0.1) is 6.10 Å². The molecule has 0 aromatic rings. The second-order valence-corrected chi connectivity index (χ2v) is 4.99. The molecule has 96 valence electrons. The van der Waals surface area contributed by atoms with Gasteiger partial charge in [-0.25, -0.2) is 0 Å². The van der Waals surface area contributed by atoms with Gasteiger partial charge in [-0.2, -0.15) is 0 Å². The van der Waals surface area contributed by atoms with Gasteiger partial charge in [0.15, 0.2) is 0 Å². The molecule has 6 heteroatoms. The van der Waals surface area contributed by atoms with Crippen molar-refractivity contribution in [2.24, 2.45) is 0 Å². The minimum atomic E-state index is -2.32. The van der Waals surface area contributed by atoms with Gasteiger partial charge in [0.2, 0.25) is 5.79 Å². The molecule has 0 bridgehead atoms. The average molecular weight is 236 g/mol. The molecule has 0 spiro atoms. The van der Waals surface area contributed by atoms with Crippen molar-refractivity contribution in [1.82, 2.24) is 0 Å². The summed E-state index contributed by atoms with van der Waals surface area (Å²) in [5, 5.41) is 49.5. The van der Waals surface area contributed by atoms with Crippen LogP contribution in [0.1, 0.15) is 27.7 Å². The maximum Gasteiger partial charge on any atom is 0.221 e. The van der Waals surface area contributed by atoms with Gasteiger partial charge < -0.3 is 30.3 Å². The van der Waals surface area contributed by atoms with Crippen LogP contribution in [-0.4, -0.2) is 60.8 Å². The van der Waals surface area contributed by atoms with Gasteiger partial charge in [-0.05, 0) is 27.7 Å². The van der Waals surface area contributed by atoms with E-state index in [-0.39, 0.29) is 0 Å². The smallest absolute Gasteiger partial charge is 0.221 e. The van der Waals surface area contributed by atoms with Crippen LogP contribution in [0.15, 0.2) is 0 Å². The summed E-state index contributed by atoms with van der Waals surface area (Å²) in [6.07, 6.45) is -0.958. The van der Waals surface area contributed by atoms with Gasteiger partial charge in [0, 0.05) is 0 Å². The maximum absolute atomic E-state index is 10.2. The van der Waals surface area contributed by atoms with E-state index >= 15 is 0 Å².